The zero-order chi connectivity index (χ0) is 13.5. The lowest BCUT2D eigenvalue weighted by molar-refractivity contribution is 0.490. The van der Waals surface area contributed by atoms with E-state index in [2.05, 4.69) is 0 Å². The molecule has 100 valence electrons. The number of halogens is 2. The molecule has 0 N–H and O–H groups in total. The molecule has 0 aliphatic heterocycles. The Hall–Kier alpha value is -1.44. The van der Waals surface area contributed by atoms with E-state index in [1.807, 2.05) is 0 Å². The van der Waals surface area contributed by atoms with Crippen molar-refractivity contribution in [1.82, 2.24) is 0 Å². The molecule has 0 aliphatic carbocycles. The maximum Gasteiger partial charge on any atom is 0.241 e. The summed E-state index contributed by atoms with van der Waals surface area (Å²) in [5.41, 5.74) is 0. The van der Waals surface area contributed by atoms with Crippen LogP contribution >= 0.6 is 24.6 Å². The first-order valence-electron chi connectivity index (χ1n) is 5.11. The molecule has 2 rings (SSSR count). The molecule has 0 saturated heterocycles. The molecule has 0 aliphatic rings. The average Bonchev–Trinajstić information content (AvgIpc) is 2.42. The van der Waals surface area contributed by atoms with Crippen LogP contribution in [0.5, 0.6) is 11.5 Å². The highest BCUT2D eigenvalue weighted by molar-refractivity contribution is 8.03. The van der Waals surface area contributed by atoms with Crippen molar-refractivity contribution in [1.29, 1.82) is 0 Å². The molecule has 0 spiro atoms. The van der Waals surface area contributed by atoms with Gasteiger partial charge < -0.3 is 8.37 Å². The molecule has 0 atom stereocenters. The maximum absolute atomic E-state index is 13.1. The smallest absolute Gasteiger partial charge is 0.241 e. The van der Waals surface area contributed by atoms with Crippen LogP contribution in [0.25, 0.3) is 0 Å². The highest BCUT2D eigenvalue weighted by atomic mass is 32.3. The molecule has 7 heteroatoms. The molecule has 0 saturated carbocycles. The number of benzene rings is 2. The highest BCUT2D eigenvalue weighted by Crippen LogP contribution is 2.26. The summed E-state index contributed by atoms with van der Waals surface area (Å²) >= 11 is 1.04. The Morgan fingerprint density at radius 1 is 0.684 bits per heavy atom. The SMILES string of the molecule is Fc1ccccc1OSOSOc1ccccc1F. The molecule has 3 nitrogen and oxygen atoms in total. The van der Waals surface area contributed by atoms with E-state index in [0.717, 1.165) is 0 Å². The first-order valence-corrected chi connectivity index (χ1v) is 6.44. The van der Waals surface area contributed by atoms with Gasteiger partial charge in [-0.3, -0.25) is 0 Å². The Labute approximate surface area is 117 Å². The number of hydrogen-bond acceptors (Lipinski definition) is 5. The van der Waals surface area contributed by atoms with Crippen LogP contribution in [0, 0.1) is 11.6 Å². The summed E-state index contributed by atoms with van der Waals surface area (Å²) < 4.78 is 40.9. The summed E-state index contributed by atoms with van der Waals surface area (Å²) in [5, 5.41) is 0. The van der Waals surface area contributed by atoms with Gasteiger partial charge in [0.2, 0.25) is 24.6 Å². The molecule has 0 aromatic heterocycles. The standard InChI is InChI=1S/C12H8F2O3S2/c13-9-5-1-3-7-11(9)15-18-17-19-16-12-8-4-2-6-10(12)14/h1-8H. The lowest BCUT2D eigenvalue weighted by Gasteiger charge is -2.04. The summed E-state index contributed by atoms with van der Waals surface area (Å²) in [7, 11) is 0. The second kappa shape index (κ2) is 7.22. The van der Waals surface area contributed by atoms with Gasteiger partial charge in [0.1, 0.15) is 0 Å². The van der Waals surface area contributed by atoms with Crippen molar-refractivity contribution in [3.8, 4) is 11.5 Å². The molecule has 0 fully saturated rings. The third-order valence-corrected chi connectivity index (χ3v) is 2.92. The fourth-order valence-electron chi connectivity index (χ4n) is 1.14. The minimum atomic E-state index is -0.501. The summed E-state index contributed by atoms with van der Waals surface area (Å²) in [6.07, 6.45) is 0. The lowest BCUT2D eigenvalue weighted by Crippen LogP contribution is -1.88. The molecular formula is C12H8F2O3S2. The Bertz CT molecular complexity index is 492. The molecule has 19 heavy (non-hydrogen) atoms. The third kappa shape index (κ3) is 4.30. The zero-order valence-electron chi connectivity index (χ0n) is 9.42. The van der Waals surface area contributed by atoms with Crippen LogP contribution in [0.15, 0.2) is 48.5 Å². The maximum atomic E-state index is 13.1. The van der Waals surface area contributed by atoms with Gasteiger partial charge in [0.25, 0.3) is 0 Å². The minimum absolute atomic E-state index is 0.0407. The van der Waals surface area contributed by atoms with E-state index < -0.39 is 11.6 Å². The number of rotatable bonds is 6. The molecule has 0 unspecified atom stereocenters. The van der Waals surface area contributed by atoms with Crippen LogP contribution in [0.1, 0.15) is 0 Å². The fraction of sp³-hybridized carbons (Fsp3) is 0. The van der Waals surface area contributed by atoms with Crippen molar-refractivity contribution in [3.63, 3.8) is 0 Å². The summed E-state index contributed by atoms with van der Waals surface area (Å²) in [4.78, 5) is 0. The van der Waals surface area contributed by atoms with Crippen LogP contribution in [0.4, 0.5) is 8.78 Å². The Morgan fingerprint density at radius 3 is 1.53 bits per heavy atom. The van der Waals surface area contributed by atoms with Gasteiger partial charge in [0.05, 0.1) is 0 Å². The van der Waals surface area contributed by atoms with Crippen molar-refractivity contribution in [2.24, 2.45) is 0 Å². The summed E-state index contributed by atoms with van der Waals surface area (Å²) in [5.74, 6) is -0.921. The average molecular weight is 302 g/mol. The monoisotopic (exact) mass is 302 g/mol. The second-order valence-corrected chi connectivity index (χ2v) is 4.38. The highest BCUT2D eigenvalue weighted by Gasteiger charge is 2.05. The van der Waals surface area contributed by atoms with Crippen molar-refractivity contribution in [3.05, 3.63) is 60.2 Å². The topological polar surface area (TPSA) is 27.7 Å². The predicted molar refractivity (Wildman–Crippen MR) is 70.3 cm³/mol. The van der Waals surface area contributed by atoms with Crippen molar-refractivity contribution < 1.29 is 20.8 Å². The quantitative estimate of drug-likeness (QED) is 0.576. The van der Waals surface area contributed by atoms with Crippen molar-refractivity contribution in [2.45, 2.75) is 0 Å². The molecule has 0 radical (unpaired) electrons. The third-order valence-electron chi connectivity index (χ3n) is 1.98. The van der Waals surface area contributed by atoms with E-state index in [1.165, 1.54) is 24.3 Å². The van der Waals surface area contributed by atoms with Crippen molar-refractivity contribution >= 4 is 24.6 Å². The van der Waals surface area contributed by atoms with Gasteiger partial charge in [0, 0.05) is 0 Å². The Kier molecular flexibility index (Phi) is 5.31. The zero-order valence-corrected chi connectivity index (χ0v) is 11.0. The van der Waals surface area contributed by atoms with E-state index in [9.17, 15) is 8.78 Å². The normalized spacial score (nSPS) is 10.2. The lowest BCUT2D eigenvalue weighted by atomic mass is 10.3. The van der Waals surface area contributed by atoms with Gasteiger partial charge in [-0.05, 0) is 24.3 Å². The van der Waals surface area contributed by atoms with Crippen LogP contribution in [-0.4, -0.2) is 0 Å². The van der Waals surface area contributed by atoms with Gasteiger partial charge in [-0.15, -0.1) is 0 Å². The summed E-state index contributed by atoms with van der Waals surface area (Å²) in [6.45, 7) is 0. The van der Waals surface area contributed by atoms with Crippen LogP contribution in [0.3, 0.4) is 0 Å². The van der Waals surface area contributed by atoms with E-state index in [0.29, 0.717) is 24.6 Å². The fourth-order valence-corrected chi connectivity index (χ4v) is 1.87. The van der Waals surface area contributed by atoms with Crippen molar-refractivity contribution in [2.75, 3.05) is 0 Å². The van der Waals surface area contributed by atoms with Crippen LogP contribution < -0.4 is 8.37 Å². The Balaban J connectivity index is 1.71. The second-order valence-electron chi connectivity index (χ2n) is 3.23. The number of para-hydroxylation sites is 2. The molecule has 0 heterocycles. The van der Waals surface area contributed by atoms with Crippen LogP contribution in [0.2, 0.25) is 0 Å². The molecule has 0 amide bonds. The van der Waals surface area contributed by atoms with Gasteiger partial charge >= 0.3 is 0 Å². The van der Waals surface area contributed by atoms with E-state index in [1.54, 1.807) is 24.3 Å². The Morgan fingerprint density at radius 2 is 1.11 bits per heavy atom. The first-order chi connectivity index (χ1) is 9.27. The predicted octanol–water partition coefficient (Wildman–Crippen LogP) is 4.57. The van der Waals surface area contributed by atoms with E-state index >= 15 is 0 Å². The van der Waals surface area contributed by atoms with Gasteiger partial charge in [-0.1, -0.05) is 24.3 Å². The first kappa shape index (κ1) is 14.0. The molecule has 0 bridgehead atoms. The largest absolute Gasteiger partial charge is 0.397 e. The number of hydrogen-bond donors (Lipinski definition) is 0. The van der Waals surface area contributed by atoms with Gasteiger partial charge in [-0.25, -0.2) is 8.78 Å². The van der Waals surface area contributed by atoms with Gasteiger partial charge in [-0.2, -0.15) is 3.63 Å². The van der Waals surface area contributed by atoms with Gasteiger partial charge in [0.15, 0.2) is 23.1 Å². The molecule has 2 aromatic carbocycles. The molecule has 2 aromatic rings. The molecular weight excluding hydrogens is 294 g/mol. The summed E-state index contributed by atoms with van der Waals surface area (Å²) in [6, 6.07) is 11.8. The van der Waals surface area contributed by atoms with E-state index in [4.69, 9.17) is 12.0 Å². The van der Waals surface area contributed by atoms with Crippen LogP contribution in [-0.2, 0) is 3.63 Å². The minimum Gasteiger partial charge on any atom is -0.397 e. The van der Waals surface area contributed by atoms with E-state index in [-0.39, 0.29) is 11.5 Å².